The van der Waals surface area contributed by atoms with Crippen LogP contribution in [0.2, 0.25) is 18.1 Å². The fraction of sp³-hybridized carbons (Fsp3) is 0.688. The summed E-state index contributed by atoms with van der Waals surface area (Å²) in [6, 6.07) is 0. The van der Waals surface area contributed by atoms with Crippen molar-refractivity contribution in [1.29, 1.82) is 0 Å². The van der Waals surface area contributed by atoms with E-state index in [9.17, 15) is 4.79 Å². The highest BCUT2D eigenvalue weighted by Gasteiger charge is 2.36. The lowest BCUT2D eigenvalue weighted by Gasteiger charge is -2.35. The Morgan fingerprint density at radius 1 is 1.25 bits per heavy atom. The van der Waals surface area contributed by atoms with Gasteiger partial charge in [-0.2, -0.15) is 0 Å². The lowest BCUT2D eigenvalue weighted by Crippen LogP contribution is -2.40. The van der Waals surface area contributed by atoms with Gasteiger partial charge in [0.25, 0.3) is 0 Å². The number of hydrogen-bond donors (Lipinski definition) is 0. The summed E-state index contributed by atoms with van der Waals surface area (Å²) in [6.07, 6.45) is 6.17. The molecule has 4 heteroatoms. The van der Waals surface area contributed by atoms with E-state index in [1.165, 1.54) is 0 Å². The zero-order chi connectivity index (χ0) is 15.4. The van der Waals surface area contributed by atoms with Crippen molar-refractivity contribution in [3.8, 4) is 0 Å². The Labute approximate surface area is 124 Å². The first-order valence-corrected chi connectivity index (χ1v) is 10.2. The van der Waals surface area contributed by atoms with Crippen molar-refractivity contribution in [2.24, 2.45) is 0 Å². The minimum Gasteiger partial charge on any atom is -0.500 e. The van der Waals surface area contributed by atoms with Crippen LogP contribution in [0.4, 0.5) is 0 Å². The van der Waals surface area contributed by atoms with Crippen LogP contribution in [0.5, 0.6) is 0 Å². The van der Waals surface area contributed by atoms with Gasteiger partial charge in [-0.15, -0.1) is 0 Å². The average Bonchev–Trinajstić information content (AvgIpc) is 2.34. The highest BCUT2D eigenvalue weighted by molar-refractivity contribution is 6.74. The molecule has 1 rings (SSSR count). The van der Waals surface area contributed by atoms with Gasteiger partial charge in [0.15, 0.2) is 14.1 Å². The van der Waals surface area contributed by atoms with Gasteiger partial charge >= 0.3 is 0 Å². The minimum atomic E-state index is -1.72. The van der Waals surface area contributed by atoms with Gasteiger partial charge in [0.05, 0.1) is 19.3 Å². The second-order valence-electron chi connectivity index (χ2n) is 6.79. The molecule has 0 bridgehead atoms. The van der Waals surface area contributed by atoms with Crippen molar-refractivity contribution in [3.63, 3.8) is 0 Å². The summed E-state index contributed by atoms with van der Waals surface area (Å²) in [6.45, 7) is 11.7. The molecule has 3 nitrogen and oxygen atoms in total. The monoisotopic (exact) mass is 296 g/mol. The van der Waals surface area contributed by atoms with Crippen molar-refractivity contribution in [2.75, 3.05) is 13.7 Å². The van der Waals surface area contributed by atoms with Crippen LogP contribution in [0.15, 0.2) is 23.5 Å². The van der Waals surface area contributed by atoms with Crippen LogP contribution in [-0.4, -0.2) is 27.8 Å². The summed E-state index contributed by atoms with van der Waals surface area (Å²) >= 11 is 0. The largest absolute Gasteiger partial charge is 0.500 e. The number of allylic oxidation sites excluding steroid dienone is 3. The first-order chi connectivity index (χ1) is 9.19. The van der Waals surface area contributed by atoms with Crippen LogP contribution in [-0.2, 0) is 14.0 Å². The van der Waals surface area contributed by atoms with E-state index in [0.717, 1.165) is 24.2 Å². The Morgan fingerprint density at radius 3 is 2.45 bits per heavy atom. The first kappa shape index (κ1) is 17.2. The molecule has 0 spiro atoms. The fourth-order valence-electron chi connectivity index (χ4n) is 1.87. The lowest BCUT2D eigenvalue weighted by molar-refractivity contribution is -0.116. The quantitative estimate of drug-likeness (QED) is 0.713. The summed E-state index contributed by atoms with van der Waals surface area (Å²) in [4.78, 5) is 11.9. The normalized spacial score (nSPS) is 18.0. The van der Waals surface area contributed by atoms with Gasteiger partial charge in [-0.05, 0) is 30.6 Å². The van der Waals surface area contributed by atoms with E-state index in [1.807, 2.05) is 12.2 Å². The maximum Gasteiger partial charge on any atom is 0.192 e. The number of methoxy groups -OCH3 is 1. The third-order valence-electron chi connectivity index (χ3n) is 4.29. The molecule has 114 valence electrons. The molecule has 0 aromatic carbocycles. The standard InChI is InChI=1S/C16H28O3Si/c1-16(2,3)20(5,6)19-12-8-9-13-14(17)10-7-11-15(13)18-4/h8-9H,7,10-12H2,1-6H3/b9-8+. The molecule has 0 radical (unpaired) electrons. The third kappa shape index (κ3) is 4.32. The summed E-state index contributed by atoms with van der Waals surface area (Å²) in [7, 11) is -0.0846. The number of ether oxygens (including phenoxy) is 1. The molecule has 1 aliphatic carbocycles. The summed E-state index contributed by atoms with van der Waals surface area (Å²) in [5.41, 5.74) is 0.720. The molecule has 0 amide bonds. The zero-order valence-electron chi connectivity index (χ0n) is 13.7. The molecule has 0 aromatic heterocycles. The number of carbonyl (C=O) groups excluding carboxylic acids is 1. The van der Waals surface area contributed by atoms with E-state index in [2.05, 4.69) is 33.9 Å². The molecular weight excluding hydrogens is 268 g/mol. The molecule has 0 unspecified atom stereocenters. The van der Waals surface area contributed by atoms with Crippen LogP contribution in [0, 0.1) is 0 Å². The number of hydrogen-bond acceptors (Lipinski definition) is 3. The van der Waals surface area contributed by atoms with Crippen LogP contribution < -0.4 is 0 Å². The highest BCUT2D eigenvalue weighted by Crippen LogP contribution is 2.36. The van der Waals surface area contributed by atoms with Gasteiger partial charge in [0, 0.05) is 12.8 Å². The summed E-state index contributed by atoms with van der Waals surface area (Å²) in [5.74, 6) is 0.988. The predicted octanol–water partition coefficient (Wildman–Crippen LogP) is 4.22. The minimum absolute atomic E-state index is 0.177. The third-order valence-corrected chi connectivity index (χ3v) is 8.79. The van der Waals surface area contributed by atoms with Crippen LogP contribution >= 0.6 is 0 Å². The van der Waals surface area contributed by atoms with Crippen LogP contribution in [0.3, 0.4) is 0 Å². The number of carbonyl (C=O) groups is 1. The van der Waals surface area contributed by atoms with Crippen molar-refractivity contribution < 1.29 is 14.0 Å². The second kappa shape index (κ2) is 6.72. The maximum absolute atomic E-state index is 11.9. The van der Waals surface area contributed by atoms with Crippen molar-refractivity contribution in [2.45, 2.75) is 58.2 Å². The first-order valence-electron chi connectivity index (χ1n) is 7.30. The van der Waals surface area contributed by atoms with E-state index >= 15 is 0 Å². The Hall–Kier alpha value is -0.873. The molecule has 0 atom stereocenters. The Balaban J connectivity index is 2.65. The maximum atomic E-state index is 11.9. The smallest absolute Gasteiger partial charge is 0.192 e. The van der Waals surface area contributed by atoms with E-state index in [-0.39, 0.29) is 10.8 Å². The molecular formula is C16H28O3Si. The molecule has 0 N–H and O–H groups in total. The Kier molecular flexibility index (Phi) is 5.77. The fourth-order valence-corrected chi connectivity index (χ4v) is 2.82. The molecule has 0 saturated carbocycles. The van der Waals surface area contributed by atoms with Crippen molar-refractivity contribution in [1.82, 2.24) is 0 Å². The van der Waals surface area contributed by atoms with E-state index in [4.69, 9.17) is 9.16 Å². The van der Waals surface area contributed by atoms with Crippen molar-refractivity contribution in [3.05, 3.63) is 23.5 Å². The van der Waals surface area contributed by atoms with E-state index in [0.29, 0.717) is 13.0 Å². The van der Waals surface area contributed by atoms with Gasteiger partial charge in [-0.25, -0.2) is 0 Å². The lowest BCUT2D eigenvalue weighted by atomic mass is 9.96. The molecule has 0 saturated heterocycles. The number of rotatable bonds is 5. The molecule has 0 fully saturated rings. The van der Waals surface area contributed by atoms with E-state index < -0.39 is 8.32 Å². The molecule has 0 aliphatic heterocycles. The molecule has 0 heterocycles. The van der Waals surface area contributed by atoms with Crippen molar-refractivity contribution >= 4 is 14.1 Å². The molecule has 20 heavy (non-hydrogen) atoms. The average molecular weight is 296 g/mol. The molecule has 1 aliphatic rings. The summed E-state index contributed by atoms with van der Waals surface area (Å²) < 4.78 is 11.4. The Bertz CT molecular complexity index is 414. The van der Waals surface area contributed by atoms with Crippen LogP contribution in [0.25, 0.3) is 0 Å². The van der Waals surface area contributed by atoms with Gasteiger partial charge in [-0.1, -0.05) is 26.8 Å². The SMILES string of the molecule is COC1=C(/C=C/CO[Si](C)(C)C(C)(C)C)C(=O)CCC1. The number of Topliss-reactive ketones (excluding diaryl/α,β-unsaturated/α-hetero) is 1. The van der Waals surface area contributed by atoms with Crippen LogP contribution in [0.1, 0.15) is 40.0 Å². The highest BCUT2D eigenvalue weighted by atomic mass is 28.4. The molecule has 0 aromatic rings. The Morgan fingerprint density at radius 2 is 1.90 bits per heavy atom. The van der Waals surface area contributed by atoms with Gasteiger partial charge in [0.1, 0.15) is 5.76 Å². The number of ketones is 1. The van der Waals surface area contributed by atoms with Gasteiger partial charge in [0.2, 0.25) is 0 Å². The van der Waals surface area contributed by atoms with Gasteiger partial charge in [-0.3, -0.25) is 4.79 Å². The van der Waals surface area contributed by atoms with Gasteiger partial charge < -0.3 is 9.16 Å². The zero-order valence-corrected chi connectivity index (χ0v) is 14.7. The second-order valence-corrected chi connectivity index (χ2v) is 11.6. The topological polar surface area (TPSA) is 35.5 Å². The predicted molar refractivity (Wildman–Crippen MR) is 85.2 cm³/mol. The van der Waals surface area contributed by atoms with E-state index in [1.54, 1.807) is 7.11 Å². The summed E-state index contributed by atoms with van der Waals surface area (Å²) in [5, 5.41) is 0.207.